The third kappa shape index (κ3) is 6.78. The van der Waals surface area contributed by atoms with Crippen LogP contribution in [0.1, 0.15) is 44.6 Å². The molecule has 9 heteroatoms. The van der Waals surface area contributed by atoms with Crippen molar-refractivity contribution in [3.05, 3.63) is 119 Å². The molecule has 0 radical (unpaired) electrons. The topological polar surface area (TPSA) is 124 Å². The molecule has 9 nitrogen and oxygen atoms in total. The van der Waals surface area contributed by atoms with E-state index in [2.05, 4.69) is 36.1 Å². The highest BCUT2D eigenvalue weighted by Gasteiger charge is 2.18. The number of aromatic hydroxyl groups is 1. The van der Waals surface area contributed by atoms with Gasteiger partial charge in [0.05, 0.1) is 23.8 Å². The summed E-state index contributed by atoms with van der Waals surface area (Å²) in [6.07, 6.45) is 7.58. The van der Waals surface area contributed by atoms with E-state index in [1.165, 1.54) is 18.6 Å². The number of hydrogen-bond donors (Lipinski definition) is 4. The molecule has 1 aromatic carbocycles. The van der Waals surface area contributed by atoms with Gasteiger partial charge in [-0.25, -0.2) is 5.43 Å². The summed E-state index contributed by atoms with van der Waals surface area (Å²) in [5.74, 6) is -0.317. The predicted octanol–water partition coefficient (Wildman–Crippen LogP) is 3.23. The Labute approximate surface area is 209 Å². The van der Waals surface area contributed by atoms with E-state index in [9.17, 15) is 9.90 Å². The molecule has 0 bridgehead atoms. The van der Waals surface area contributed by atoms with Gasteiger partial charge in [0.25, 0.3) is 5.91 Å². The van der Waals surface area contributed by atoms with Gasteiger partial charge in [-0.2, -0.15) is 5.10 Å². The largest absolute Gasteiger partial charge is 0.507 e. The normalized spacial score (nSPS) is 11.2. The second kappa shape index (κ2) is 12.3. The molecule has 0 aliphatic rings. The van der Waals surface area contributed by atoms with Crippen LogP contribution < -0.4 is 16.1 Å². The number of amides is 1. The van der Waals surface area contributed by atoms with E-state index in [4.69, 9.17) is 0 Å². The van der Waals surface area contributed by atoms with Crippen LogP contribution in [0.15, 0.2) is 90.6 Å². The van der Waals surface area contributed by atoms with Gasteiger partial charge in [0.2, 0.25) is 0 Å². The average Bonchev–Trinajstić information content (AvgIpc) is 2.92. The number of pyridine rings is 3. The number of nitrogens with zero attached hydrogens (tertiary/aromatic N) is 4. The zero-order valence-corrected chi connectivity index (χ0v) is 19.8. The number of carbonyl (C=O) groups is 1. The van der Waals surface area contributed by atoms with Crippen molar-refractivity contribution in [1.82, 2.24) is 31.0 Å². The summed E-state index contributed by atoms with van der Waals surface area (Å²) in [4.78, 5) is 24.9. The minimum absolute atomic E-state index is 0.0505. The monoisotopic (exact) mass is 481 g/mol. The van der Waals surface area contributed by atoms with Gasteiger partial charge >= 0.3 is 0 Å². The van der Waals surface area contributed by atoms with Crippen molar-refractivity contribution in [2.75, 3.05) is 0 Å². The Morgan fingerprint density at radius 2 is 1.58 bits per heavy atom. The van der Waals surface area contributed by atoms with Gasteiger partial charge in [-0.1, -0.05) is 12.1 Å². The number of rotatable bonds is 10. The highest BCUT2D eigenvalue weighted by atomic mass is 16.3. The molecule has 4 aromatic rings. The first-order chi connectivity index (χ1) is 17.6. The Morgan fingerprint density at radius 3 is 2.17 bits per heavy atom. The number of benzene rings is 1. The molecule has 0 spiro atoms. The van der Waals surface area contributed by atoms with Crippen molar-refractivity contribution in [2.24, 2.45) is 5.10 Å². The van der Waals surface area contributed by atoms with Crippen LogP contribution in [0.2, 0.25) is 0 Å². The first-order valence-electron chi connectivity index (χ1n) is 11.4. The molecule has 36 heavy (non-hydrogen) atoms. The molecule has 0 unspecified atom stereocenters. The van der Waals surface area contributed by atoms with E-state index in [0.29, 0.717) is 29.8 Å². The van der Waals surface area contributed by atoms with E-state index in [-0.39, 0.29) is 11.7 Å². The molecule has 4 rings (SSSR count). The highest BCUT2D eigenvalue weighted by Crippen LogP contribution is 2.28. The molecule has 182 valence electrons. The van der Waals surface area contributed by atoms with Crippen molar-refractivity contribution in [3.8, 4) is 5.75 Å². The van der Waals surface area contributed by atoms with Crippen molar-refractivity contribution < 1.29 is 9.90 Å². The quantitative estimate of drug-likeness (QED) is 0.156. The van der Waals surface area contributed by atoms with E-state index in [0.717, 1.165) is 17.0 Å². The Hall–Kier alpha value is -4.47. The fraction of sp³-hybridized carbons (Fsp3) is 0.148. The molecule has 3 aromatic heterocycles. The van der Waals surface area contributed by atoms with Crippen LogP contribution in [0.25, 0.3) is 0 Å². The Kier molecular flexibility index (Phi) is 8.42. The van der Waals surface area contributed by atoms with Crippen molar-refractivity contribution >= 4 is 12.1 Å². The molecule has 4 N–H and O–H groups in total. The van der Waals surface area contributed by atoms with Gasteiger partial charge in [-0.15, -0.1) is 0 Å². The lowest BCUT2D eigenvalue weighted by Gasteiger charge is -2.23. The number of phenolic OH excluding ortho intramolecular Hbond substituents is 1. The van der Waals surface area contributed by atoms with Gasteiger partial charge in [0.15, 0.2) is 0 Å². The third-order valence-electron chi connectivity index (χ3n) is 5.36. The second-order valence-corrected chi connectivity index (χ2v) is 8.06. The summed E-state index contributed by atoms with van der Waals surface area (Å²) in [6.45, 7) is 2.91. The number of nitrogens with one attached hydrogen (secondary N) is 3. The molecule has 0 aliphatic heterocycles. The first kappa shape index (κ1) is 24.6. The van der Waals surface area contributed by atoms with Crippen LogP contribution in [0.4, 0.5) is 0 Å². The van der Waals surface area contributed by atoms with Gasteiger partial charge in [0.1, 0.15) is 5.75 Å². The van der Waals surface area contributed by atoms with Gasteiger partial charge in [0, 0.05) is 54.6 Å². The third-order valence-corrected chi connectivity index (χ3v) is 5.36. The summed E-state index contributed by atoms with van der Waals surface area (Å²) in [5, 5.41) is 22.0. The lowest BCUT2D eigenvalue weighted by atomic mass is 10.0. The number of phenols is 1. The molecule has 1 amide bonds. The van der Waals surface area contributed by atoms with Crippen LogP contribution in [0, 0.1) is 6.92 Å². The maximum absolute atomic E-state index is 12.3. The smallest absolute Gasteiger partial charge is 0.271 e. The number of hydrogen-bond acceptors (Lipinski definition) is 8. The van der Waals surface area contributed by atoms with Gasteiger partial charge in [-0.05, 0) is 61.0 Å². The van der Waals surface area contributed by atoms with Crippen molar-refractivity contribution in [1.29, 1.82) is 0 Å². The fourth-order valence-corrected chi connectivity index (χ4v) is 3.59. The second-order valence-electron chi connectivity index (χ2n) is 8.06. The molecule has 0 saturated heterocycles. The molecule has 0 aliphatic carbocycles. The standard InChI is InChI=1S/C27H27N7O2/c1-19-14-21(16-33-34-27(36)20-8-12-28-13-9-20)25(35)24(15-19)26(31-17-22-6-2-4-10-29-22)32-18-23-7-3-5-11-30-23/h2-16,26,31-32,35H,17-18H2,1H3,(H,34,36). The summed E-state index contributed by atoms with van der Waals surface area (Å²) in [6, 6.07) is 18.4. The predicted molar refractivity (Wildman–Crippen MR) is 137 cm³/mol. The fourth-order valence-electron chi connectivity index (χ4n) is 3.59. The van der Waals surface area contributed by atoms with Crippen LogP contribution in [-0.2, 0) is 13.1 Å². The molecule has 0 saturated carbocycles. The van der Waals surface area contributed by atoms with Crippen LogP contribution in [0.5, 0.6) is 5.75 Å². The Balaban J connectivity index is 1.54. The van der Waals surface area contributed by atoms with Crippen molar-refractivity contribution in [3.63, 3.8) is 0 Å². The SMILES string of the molecule is Cc1cc(C=NNC(=O)c2ccncc2)c(O)c(C(NCc2ccccn2)NCc2ccccn2)c1. The van der Waals surface area contributed by atoms with Gasteiger partial charge in [-0.3, -0.25) is 30.4 Å². The van der Waals surface area contributed by atoms with Crippen LogP contribution >= 0.6 is 0 Å². The molecule has 0 atom stereocenters. The van der Waals surface area contributed by atoms with Gasteiger partial charge < -0.3 is 5.11 Å². The van der Waals surface area contributed by atoms with Crippen LogP contribution in [-0.4, -0.2) is 32.2 Å². The van der Waals surface area contributed by atoms with E-state index in [1.807, 2.05) is 49.4 Å². The maximum atomic E-state index is 12.3. The zero-order valence-electron chi connectivity index (χ0n) is 19.8. The van der Waals surface area contributed by atoms with E-state index >= 15 is 0 Å². The Bertz CT molecular complexity index is 1260. The minimum Gasteiger partial charge on any atom is -0.507 e. The van der Waals surface area contributed by atoms with Crippen molar-refractivity contribution in [2.45, 2.75) is 26.2 Å². The minimum atomic E-state index is -0.410. The first-order valence-corrected chi connectivity index (χ1v) is 11.4. The lowest BCUT2D eigenvalue weighted by Crippen LogP contribution is -2.34. The molecule has 3 heterocycles. The number of hydrazone groups is 1. The van der Waals surface area contributed by atoms with E-state index < -0.39 is 6.17 Å². The summed E-state index contributed by atoms with van der Waals surface area (Å²) >= 11 is 0. The number of aryl methyl sites for hydroxylation is 1. The van der Waals surface area contributed by atoms with E-state index in [1.54, 1.807) is 30.6 Å². The maximum Gasteiger partial charge on any atom is 0.271 e. The Morgan fingerprint density at radius 1 is 0.944 bits per heavy atom. The summed E-state index contributed by atoms with van der Waals surface area (Å²) in [7, 11) is 0. The molecular weight excluding hydrogens is 454 g/mol. The van der Waals surface area contributed by atoms with Crippen LogP contribution in [0.3, 0.4) is 0 Å². The number of aromatic nitrogens is 3. The zero-order chi connectivity index (χ0) is 25.2. The summed E-state index contributed by atoms with van der Waals surface area (Å²) in [5.41, 5.74) is 6.70. The molecule has 0 fully saturated rings. The summed E-state index contributed by atoms with van der Waals surface area (Å²) < 4.78 is 0. The highest BCUT2D eigenvalue weighted by molar-refractivity contribution is 5.95. The molecular formula is C27H27N7O2. The average molecular weight is 482 g/mol. The number of carbonyl (C=O) groups excluding carboxylic acids is 1. The lowest BCUT2D eigenvalue weighted by molar-refractivity contribution is 0.0955.